The van der Waals surface area contributed by atoms with Crippen LogP contribution in [0.25, 0.3) is 11.3 Å². The zero-order valence-electron chi connectivity index (χ0n) is 22.1. The molecule has 0 unspecified atom stereocenters. The Morgan fingerprint density at radius 2 is 1.59 bits per heavy atom. The molecule has 0 aliphatic heterocycles. The van der Waals surface area contributed by atoms with Crippen molar-refractivity contribution in [3.63, 3.8) is 0 Å². The molecule has 3 rings (SSSR count). The first-order chi connectivity index (χ1) is 17.3. The molecule has 0 radical (unpaired) electrons. The lowest BCUT2D eigenvalue weighted by Crippen LogP contribution is -2.49. The van der Waals surface area contributed by atoms with Gasteiger partial charge in [0.15, 0.2) is 12.2 Å². The number of nitrogens with one attached hydrogen (secondary N) is 3. The predicted octanol–water partition coefficient (Wildman–Crippen LogP) is 4.80. The average molecular weight is 507 g/mol. The van der Waals surface area contributed by atoms with Crippen LogP contribution < -0.4 is 20.7 Å². The number of aromatic nitrogens is 1. The normalized spacial score (nSPS) is 11.5. The van der Waals surface area contributed by atoms with E-state index < -0.39 is 17.4 Å². The number of nitrogens with zero attached hydrogens (tertiary/aromatic N) is 1. The van der Waals surface area contributed by atoms with Crippen molar-refractivity contribution in [3.05, 3.63) is 60.6 Å². The van der Waals surface area contributed by atoms with Gasteiger partial charge in [0, 0.05) is 29.4 Å². The van der Waals surface area contributed by atoms with Crippen LogP contribution >= 0.6 is 0 Å². The third kappa shape index (κ3) is 8.20. The van der Waals surface area contributed by atoms with Crippen molar-refractivity contribution in [1.82, 2.24) is 10.3 Å². The van der Waals surface area contributed by atoms with E-state index in [1.54, 1.807) is 24.4 Å². The summed E-state index contributed by atoms with van der Waals surface area (Å²) in [4.78, 5) is 41.2. The van der Waals surface area contributed by atoms with Gasteiger partial charge in [-0.15, -0.1) is 0 Å². The Hall–Kier alpha value is -4.14. The van der Waals surface area contributed by atoms with Gasteiger partial charge < -0.3 is 25.1 Å². The first kappa shape index (κ1) is 27.4. The highest BCUT2D eigenvalue weighted by molar-refractivity contribution is 6.39. The number of hydrogen-bond donors (Lipinski definition) is 3. The van der Waals surface area contributed by atoms with Gasteiger partial charge in [0.1, 0.15) is 5.75 Å². The lowest BCUT2D eigenvalue weighted by molar-refractivity contribution is -0.137. The van der Waals surface area contributed by atoms with E-state index in [1.807, 2.05) is 58.9 Å². The van der Waals surface area contributed by atoms with Crippen molar-refractivity contribution in [3.8, 4) is 17.1 Å². The molecule has 0 aliphatic rings. The van der Waals surface area contributed by atoms with Crippen molar-refractivity contribution in [2.75, 3.05) is 17.7 Å². The number of carbonyl (C=O) groups is 3. The van der Waals surface area contributed by atoms with Crippen LogP contribution in [0.4, 0.5) is 11.4 Å². The number of rotatable bonds is 8. The first-order valence-corrected chi connectivity index (χ1v) is 11.9. The summed E-state index contributed by atoms with van der Waals surface area (Å²) in [5.74, 6) is -0.597. The van der Waals surface area contributed by atoms with Crippen LogP contribution in [-0.4, -0.2) is 35.4 Å². The Labute approximate surface area is 217 Å². The summed E-state index contributed by atoms with van der Waals surface area (Å²) in [6.07, 6.45) is 3.79. The molecule has 3 aromatic rings. The minimum Gasteiger partial charge on any atom is -0.496 e. The molecule has 2 aromatic carbocycles. The Balaban J connectivity index is 1.57. The van der Waals surface area contributed by atoms with E-state index in [4.69, 9.17) is 9.15 Å². The molecular formula is C28H34N4O5. The fraction of sp³-hybridized carbons (Fsp3) is 0.357. The highest BCUT2D eigenvalue weighted by Gasteiger charge is 2.25. The monoisotopic (exact) mass is 506 g/mol. The first-order valence-electron chi connectivity index (χ1n) is 11.9. The van der Waals surface area contributed by atoms with Gasteiger partial charge in [0.2, 0.25) is 5.91 Å². The zero-order valence-corrected chi connectivity index (χ0v) is 22.1. The summed E-state index contributed by atoms with van der Waals surface area (Å²) < 4.78 is 10.7. The molecule has 9 nitrogen and oxygen atoms in total. The lowest BCUT2D eigenvalue weighted by Gasteiger charge is -2.26. The number of anilines is 2. The van der Waals surface area contributed by atoms with E-state index in [9.17, 15) is 14.4 Å². The highest BCUT2D eigenvalue weighted by Crippen LogP contribution is 2.32. The van der Waals surface area contributed by atoms with Crippen molar-refractivity contribution < 1.29 is 23.5 Å². The lowest BCUT2D eigenvalue weighted by atomic mass is 9.92. The maximum Gasteiger partial charge on any atom is 0.313 e. The molecule has 0 saturated carbocycles. The second kappa shape index (κ2) is 11.3. The zero-order chi connectivity index (χ0) is 27.2. The van der Waals surface area contributed by atoms with Crippen LogP contribution in [0.15, 0.2) is 59.5 Å². The van der Waals surface area contributed by atoms with E-state index in [-0.39, 0.29) is 11.3 Å². The van der Waals surface area contributed by atoms with Crippen LogP contribution in [0.5, 0.6) is 5.75 Å². The van der Waals surface area contributed by atoms with Crippen LogP contribution in [-0.2, 0) is 20.8 Å². The molecular weight excluding hydrogens is 472 g/mol. The number of amides is 3. The number of oxazole rings is 1. The molecule has 0 atom stereocenters. The Bertz CT molecular complexity index is 1240. The summed E-state index contributed by atoms with van der Waals surface area (Å²) in [6, 6.07) is 12.4. The SMILES string of the molecule is COc1cc(NC(=O)C(=O)NC(C)(C)Cc2ccc(NC(=O)CC(C)(C)C)cc2)ccc1-c1cnco1. The van der Waals surface area contributed by atoms with Crippen molar-refractivity contribution >= 4 is 29.1 Å². The van der Waals surface area contributed by atoms with Gasteiger partial charge in [-0.25, -0.2) is 4.98 Å². The Kier molecular flexibility index (Phi) is 8.37. The molecule has 3 N–H and O–H groups in total. The molecule has 0 bridgehead atoms. The quantitative estimate of drug-likeness (QED) is 0.377. The molecule has 9 heteroatoms. The highest BCUT2D eigenvalue weighted by atomic mass is 16.5. The standard InChI is InChI=1S/C28H34N4O5/c1-27(2,3)15-24(33)30-19-9-7-18(8-10-19)14-28(4,5)32-26(35)25(34)31-20-11-12-21(22(13-20)36-6)23-16-29-17-37-23/h7-13,16-17H,14-15H2,1-6H3,(H,30,33)(H,31,34)(H,32,35). The summed E-state index contributed by atoms with van der Waals surface area (Å²) in [5.41, 5.74) is 1.95. The topological polar surface area (TPSA) is 123 Å². The maximum atomic E-state index is 12.6. The smallest absolute Gasteiger partial charge is 0.313 e. The minimum absolute atomic E-state index is 0.0379. The Morgan fingerprint density at radius 3 is 2.19 bits per heavy atom. The molecule has 0 spiro atoms. The Morgan fingerprint density at radius 1 is 0.919 bits per heavy atom. The number of methoxy groups -OCH3 is 1. The van der Waals surface area contributed by atoms with Crippen LogP contribution in [0.3, 0.4) is 0 Å². The summed E-state index contributed by atoms with van der Waals surface area (Å²) >= 11 is 0. The van der Waals surface area contributed by atoms with Crippen molar-refractivity contribution in [2.45, 2.75) is 53.0 Å². The van der Waals surface area contributed by atoms with Gasteiger partial charge in [-0.2, -0.15) is 0 Å². The van der Waals surface area contributed by atoms with E-state index in [0.717, 1.165) is 5.56 Å². The fourth-order valence-electron chi connectivity index (χ4n) is 3.82. The molecule has 37 heavy (non-hydrogen) atoms. The largest absolute Gasteiger partial charge is 0.496 e. The van der Waals surface area contributed by atoms with E-state index in [1.165, 1.54) is 13.5 Å². The molecule has 3 amide bonds. The van der Waals surface area contributed by atoms with Crippen molar-refractivity contribution in [2.24, 2.45) is 5.41 Å². The molecule has 0 aliphatic carbocycles. The van der Waals surface area contributed by atoms with Gasteiger partial charge in [-0.05, 0) is 55.5 Å². The van der Waals surface area contributed by atoms with Crippen LogP contribution in [0.2, 0.25) is 0 Å². The fourth-order valence-corrected chi connectivity index (χ4v) is 3.82. The third-order valence-electron chi connectivity index (χ3n) is 5.39. The molecule has 1 aromatic heterocycles. The number of benzene rings is 2. The van der Waals surface area contributed by atoms with Crippen LogP contribution in [0, 0.1) is 5.41 Å². The van der Waals surface area contributed by atoms with E-state index in [0.29, 0.717) is 41.3 Å². The molecule has 0 saturated heterocycles. The van der Waals surface area contributed by atoms with Gasteiger partial charge in [-0.3, -0.25) is 14.4 Å². The van der Waals surface area contributed by atoms with Gasteiger partial charge in [0.25, 0.3) is 0 Å². The second-order valence-corrected chi connectivity index (χ2v) is 10.7. The molecule has 0 fully saturated rings. The van der Waals surface area contributed by atoms with Gasteiger partial charge in [-0.1, -0.05) is 32.9 Å². The summed E-state index contributed by atoms with van der Waals surface area (Å²) in [5, 5.41) is 8.28. The van der Waals surface area contributed by atoms with Crippen LogP contribution in [0.1, 0.15) is 46.6 Å². The second-order valence-electron chi connectivity index (χ2n) is 10.7. The predicted molar refractivity (Wildman–Crippen MR) is 142 cm³/mol. The maximum absolute atomic E-state index is 12.6. The number of hydrogen-bond acceptors (Lipinski definition) is 6. The van der Waals surface area contributed by atoms with Gasteiger partial charge in [0.05, 0.1) is 18.9 Å². The van der Waals surface area contributed by atoms with E-state index in [2.05, 4.69) is 20.9 Å². The number of carbonyl (C=O) groups excluding carboxylic acids is 3. The summed E-state index contributed by atoms with van der Waals surface area (Å²) in [7, 11) is 1.50. The van der Waals surface area contributed by atoms with Crippen molar-refractivity contribution in [1.29, 1.82) is 0 Å². The summed E-state index contributed by atoms with van der Waals surface area (Å²) in [6.45, 7) is 9.72. The van der Waals surface area contributed by atoms with E-state index >= 15 is 0 Å². The molecule has 1 heterocycles. The molecule has 196 valence electrons. The van der Waals surface area contributed by atoms with Gasteiger partial charge >= 0.3 is 11.8 Å². The minimum atomic E-state index is -0.792. The average Bonchev–Trinajstić information content (AvgIpc) is 3.33. The number of ether oxygens (including phenoxy) is 1. The third-order valence-corrected chi connectivity index (χ3v) is 5.39.